The van der Waals surface area contributed by atoms with Gasteiger partial charge in [-0.2, -0.15) is 0 Å². The zero-order valence-electron chi connectivity index (χ0n) is 46.3. The zero-order chi connectivity index (χ0) is 50.0. The van der Waals surface area contributed by atoms with Gasteiger partial charge in [0, 0.05) is 19.3 Å². The van der Waals surface area contributed by atoms with Crippen molar-refractivity contribution < 1.29 is 28.6 Å². The van der Waals surface area contributed by atoms with Crippen molar-refractivity contribution in [3.05, 3.63) is 36.5 Å². The summed E-state index contributed by atoms with van der Waals surface area (Å²) in [6.07, 6.45) is 70.1. The molecule has 0 N–H and O–H groups in total. The summed E-state index contributed by atoms with van der Waals surface area (Å²) in [4.78, 5) is 38.1. The lowest BCUT2D eigenvalue weighted by Gasteiger charge is -2.18. The van der Waals surface area contributed by atoms with Crippen molar-refractivity contribution in [2.75, 3.05) is 13.2 Å². The minimum Gasteiger partial charge on any atom is -0.462 e. The molecular weight excluding hydrogens is 853 g/mol. The van der Waals surface area contributed by atoms with Crippen LogP contribution in [0.5, 0.6) is 0 Å². The first-order chi connectivity index (χ1) is 34.0. The second-order valence-electron chi connectivity index (χ2n) is 20.6. The highest BCUT2D eigenvalue weighted by atomic mass is 16.6. The van der Waals surface area contributed by atoms with Crippen LogP contribution in [-0.4, -0.2) is 37.2 Å². The Balaban J connectivity index is 4.19. The third-order valence-electron chi connectivity index (χ3n) is 13.6. The van der Waals surface area contributed by atoms with Crippen LogP contribution in [0.1, 0.15) is 329 Å². The molecular formula is C63H116O6. The van der Waals surface area contributed by atoms with E-state index in [2.05, 4.69) is 57.2 Å². The molecule has 0 aliphatic heterocycles. The van der Waals surface area contributed by atoms with Crippen molar-refractivity contribution in [3.8, 4) is 0 Å². The fourth-order valence-electron chi connectivity index (χ4n) is 9.04. The molecule has 69 heavy (non-hydrogen) atoms. The van der Waals surface area contributed by atoms with Crippen LogP contribution in [0.4, 0.5) is 0 Å². The molecule has 0 spiro atoms. The smallest absolute Gasteiger partial charge is 0.306 e. The second-order valence-corrected chi connectivity index (χ2v) is 20.6. The molecule has 1 atom stereocenters. The first-order valence-corrected chi connectivity index (χ1v) is 30.5. The van der Waals surface area contributed by atoms with Gasteiger partial charge in [0.15, 0.2) is 6.10 Å². The number of ether oxygens (including phenoxy) is 3. The van der Waals surface area contributed by atoms with Gasteiger partial charge < -0.3 is 14.2 Å². The van der Waals surface area contributed by atoms with Crippen molar-refractivity contribution in [1.29, 1.82) is 0 Å². The maximum Gasteiger partial charge on any atom is 0.306 e. The van der Waals surface area contributed by atoms with E-state index in [9.17, 15) is 14.4 Å². The Morgan fingerprint density at radius 2 is 0.522 bits per heavy atom. The standard InChI is InChI=1S/C63H116O6/c1-4-7-10-13-16-19-21-23-25-27-29-31-32-33-35-36-38-40-42-44-47-50-53-56-62(65)68-59-60(58-67-61(64)55-52-49-46-18-15-12-9-6-3)69-63(66)57-54-51-48-45-43-41-39-37-34-30-28-26-24-22-20-17-14-11-8-5-2/h21,23,27,29,32-33,60H,4-20,22,24-26,28,30-31,34-59H2,1-3H3/b23-21-,29-27-,33-32-. The van der Waals surface area contributed by atoms with Crippen molar-refractivity contribution in [2.45, 2.75) is 335 Å². The third-order valence-corrected chi connectivity index (χ3v) is 13.6. The molecule has 1 unspecified atom stereocenters. The Labute approximate surface area is 429 Å². The van der Waals surface area contributed by atoms with Crippen LogP contribution < -0.4 is 0 Å². The highest BCUT2D eigenvalue weighted by molar-refractivity contribution is 5.71. The summed E-state index contributed by atoms with van der Waals surface area (Å²) in [6.45, 7) is 6.64. The average Bonchev–Trinajstić information content (AvgIpc) is 3.35. The molecule has 0 amide bonds. The fourth-order valence-corrected chi connectivity index (χ4v) is 9.04. The third kappa shape index (κ3) is 56.4. The van der Waals surface area contributed by atoms with Crippen molar-refractivity contribution in [1.82, 2.24) is 0 Å². The van der Waals surface area contributed by atoms with Gasteiger partial charge >= 0.3 is 17.9 Å². The summed E-state index contributed by atoms with van der Waals surface area (Å²) >= 11 is 0. The van der Waals surface area contributed by atoms with Crippen LogP contribution in [0.2, 0.25) is 0 Å². The molecule has 6 nitrogen and oxygen atoms in total. The number of hydrogen-bond donors (Lipinski definition) is 0. The van der Waals surface area contributed by atoms with Crippen LogP contribution in [0.25, 0.3) is 0 Å². The molecule has 6 heteroatoms. The van der Waals surface area contributed by atoms with Gasteiger partial charge in [-0.05, 0) is 57.8 Å². The number of allylic oxidation sites excluding steroid dienone is 6. The molecule has 404 valence electrons. The van der Waals surface area contributed by atoms with Crippen LogP contribution >= 0.6 is 0 Å². The van der Waals surface area contributed by atoms with Gasteiger partial charge in [-0.3, -0.25) is 14.4 Å². The predicted octanol–water partition coefficient (Wildman–Crippen LogP) is 20.4. The van der Waals surface area contributed by atoms with E-state index >= 15 is 0 Å². The van der Waals surface area contributed by atoms with E-state index in [0.29, 0.717) is 19.3 Å². The van der Waals surface area contributed by atoms with Crippen molar-refractivity contribution in [3.63, 3.8) is 0 Å². The van der Waals surface area contributed by atoms with Crippen LogP contribution in [0, 0.1) is 0 Å². The maximum absolute atomic E-state index is 12.8. The molecule has 0 saturated carbocycles. The van der Waals surface area contributed by atoms with Crippen molar-refractivity contribution in [2.24, 2.45) is 0 Å². The van der Waals surface area contributed by atoms with E-state index in [1.54, 1.807) is 0 Å². The molecule has 0 rings (SSSR count). The number of carbonyl (C=O) groups is 3. The molecule has 0 aromatic carbocycles. The highest BCUT2D eigenvalue weighted by Gasteiger charge is 2.19. The van der Waals surface area contributed by atoms with E-state index in [0.717, 1.165) is 77.0 Å². The van der Waals surface area contributed by atoms with E-state index in [1.807, 2.05) is 0 Å². The van der Waals surface area contributed by atoms with Gasteiger partial charge in [-0.25, -0.2) is 0 Å². The van der Waals surface area contributed by atoms with Crippen LogP contribution in [0.15, 0.2) is 36.5 Å². The second kappa shape index (κ2) is 58.2. The summed E-state index contributed by atoms with van der Waals surface area (Å²) in [5, 5.41) is 0. The number of unbranched alkanes of at least 4 members (excludes halogenated alkanes) is 39. The molecule has 0 bridgehead atoms. The monoisotopic (exact) mass is 969 g/mol. The lowest BCUT2D eigenvalue weighted by atomic mass is 10.0. The number of rotatable bonds is 56. The Kier molecular flexibility index (Phi) is 56.2. The Bertz CT molecular complexity index is 1160. The highest BCUT2D eigenvalue weighted by Crippen LogP contribution is 2.17. The van der Waals surface area contributed by atoms with Crippen LogP contribution in [-0.2, 0) is 28.6 Å². The Morgan fingerprint density at radius 1 is 0.290 bits per heavy atom. The van der Waals surface area contributed by atoms with Gasteiger partial charge in [0.2, 0.25) is 0 Å². The summed E-state index contributed by atoms with van der Waals surface area (Å²) in [7, 11) is 0. The normalized spacial score (nSPS) is 12.2. The van der Waals surface area contributed by atoms with Gasteiger partial charge in [-0.1, -0.05) is 288 Å². The van der Waals surface area contributed by atoms with Gasteiger partial charge in [0.1, 0.15) is 13.2 Å². The van der Waals surface area contributed by atoms with E-state index in [4.69, 9.17) is 14.2 Å². The molecule has 0 fully saturated rings. The first kappa shape index (κ1) is 66.6. The SMILES string of the molecule is CCCCCCC/C=C\C/C=C\C/C=C\CCCCCCCCCCC(=O)OCC(COC(=O)CCCCCCCCCC)OC(=O)CCCCCCCCCCCCCCCCCCCCCC. The summed E-state index contributed by atoms with van der Waals surface area (Å²) in [5.41, 5.74) is 0. The lowest BCUT2D eigenvalue weighted by Crippen LogP contribution is -2.30. The molecule has 0 aromatic heterocycles. The van der Waals surface area contributed by atoms with Gasteiger partial charge in [-0.15, -0.1) is 0 Å². The molecule has 0 aliphatic rings. The average molecular weight is 970 g/mol. The van der Waals surface area contributed by atoms with E-state index in [-0.39, 0.29) is 31.1 Å². The molecule has 0 heterocycles. The quantitative estimate of drug-likeness (QED) is 0.0261. The minimum absolute atomic E-state index is 0.0702. The zero-order valence-corrected chi connectivity index (χ0v) is 46.3. The van der Waals surface area contributed by atoms with Gasteiger partial charge in [0.05, 0.1) is 0 Å². The number of carbonyl (C=O) groups excluding carboxylic acids is 3. The minimum atomic E-state index is -0.770. The number of hydrogen-bond acceptors (Lipinski definition) is 6. The van der Waals surface area contributed by atoms with Crippen molar-refractivity contribution >= 4 is 17.9 Å². The predicted molar refractivity (Wildman–Crippen MR) is 298 cm³/mol. The lowest BCUT2D eigenvalue weighted by molar-refractivity contribution is -0.167. The van der Waals surface area contributed by atoms with Crippen LogP contribution in [0.3, 0.4) is 0 Å². The Morgan fingerprint density at radius 3 is 0.812 bits per heavy atom. The van der Waals surface area contributed by atoms with E-state index in [1.165, 1.54) is 212 Å². The maximum atomic E-state index is 12.8. The number of esters is 3. The summed E-state index contributed by atoms with van der Waals surface area (Å²) in [6, 6.07) is 0. The molecule has 0 saturated heterocycles. The van der Waals surface area contributed by atoms with Gasteiger partial charge in [0.25, 0.3) is 0 Å². The summed E-state index contributed by atoms with van der Waals surface area (Å²) < 4.78 is 16.8. The molecule has 0 aliphatic carbocycles. The topological polar surface area (TPSA) is 78.9 Å². The fraction of sp³-hybridized carbons (Fsp3) is 0.857. The molecule has 0 radical (unpaired) electrons. The first-order valence-electron chi connectivity index (χ1n) is 30.5. The largest absolute Gasteiger partial charge is 0.462 e. The Hall–Kier alpha value is -2.37. The van der Waals surface area contributed by atoms with E-state index < -0.39 is 6.10 Å². The summed E-state index contributed by atoms with van der Waals surface area (Å²) in [5.74, 6) is -0.862. The molecule has 0 aromatic rings.